The Hall–Kier alpha value is -1.62. The Kier molecular flexibility index (Phi) is 2.32. The van der Waals surface area contributed by atoms with Gasteiger partial charge in [-0.2, -0.15) is 0 Å². The predicted molar refractivity (Wildman–Crippen MR) is 53.2 cm³/mol. The molecule has 0 fully saturated rings. The lowest BCUT2D eigenvalue weighted by atomic mass is 10.5. The lowest BCUT2D eigenvalue weighted by Crippen LogP contribution is -2.16. The highest BCUT2D eigenvalue weighted by molar-refractivity contribution is 7.16. The third-order valence-corrected chi connectivity index (χ3v) is 2.70. The third-order valence-electron chi connectivity index (χ3n) is 1.69. The molecular formula is C9H8N2O2S. The van der Waals surface area contributed by atoms with Crippen molar-refractivity contribution in [3.8, 4) is 10.8 Å². The zero-order chi connectivity index (χ0) is 9.97. The topological polar surface area (TPSA) is 55.1 Å². The molecule has 0 radical (unpaired) electrons. The number of amides is 1. The highest BCUT2D eigenvalue weighted by Gasteiger charge is 2.11. The summed E-state index contributed by atoms with van der Waals surface area (Å²) in [6.45, 7) is 0. The zero-order valence-electron chi connectivity index (χ0n) is 7.48. The first-order valence-corrected chi connectivity index (χ1v) is 4.84. The van der Waals surface area contributed by atoms with Crippen LogP contribution in [0.25, 0.3) is 10.8 Å². The fourth-order valence-corrected chi connectivity index (χ4v) is 1.85. The molecule has 0 aliphatic rings. The minimum Gasteiger partial charge on any atom is -0.462 e. The van der Waals surface area contributed by atoms with Gasteiger partial charge in [0.05, 0.1) is 12.5 Å². The maximum atomic E-state index is 11.2. The number of nitrogens with zero attached hydrogens (tertiary/aromatic N) is 1. The molecule has 1 N–H and O–H groups in total. The number of carbonyl (C=O) groups is 1. The maximum Gasteiger partial charge on any atom is 0.262 e. The summed E-state index contributed by atoms with van der Waals surface area (Å²) in [5, 5.41) is 3.26. The van der Waals surface area contributed by atoms with Crippen LogP contribution in [0.4, 0.5) is 0 Å². The summed E-state index contributed by atoms with van der Waals surface area (Å²) in [7, 11) is 1.59. The van der Waals surface area contributed by atoms with E-state index in [1.54, 1.807) is 25.6 Å². The highest BCUT2D eigenvalue weighted by atomic mass is 32.1. The van der Waals surface area contributed by atoms with E-state index in [0.717, 1.165) is 0 Å². The smallest absolute Gasteiger partial charge is 0.262 e. The van der Waals surface area contributed by atoms with Crippen molar-refractivity contribution in [1.82, 2.24) is 10.3 Å². The molecule has 0 saturated carbocycles. The molecule has 5 heteroatoms. The van der Waals surface area contributed by atoms with Crippen molar-refractivity contribution in [3.05, 3.63) is 29.5 Å². The van der Waals surface area contributed by atoms with Gasteiger partial charge in [-0.15, -0.1) is 11.3 Å². The van der Waals surface area contributed by atoms with Crippen LogP contribution in [0.5, 0.6) is 0 Å². The first-order chi connectivity index (χ1) is 6.81. The second-order valence-corrected chi connectivity index (χ2v) is 3.62. The number of nitrogens with one attached hydrogen (secondary N) is 1. The van der Waals surface area contributed by atoms with E-state index < -0.39 is 0 Å². The molecule has 72 valence electrons. The fraction of sp³-hybridized carbons (Fsp3) is 0.111. The highest BCUT2D eigenvalue weighted by Crippen LogP contribution is 2.24. The van der Waals surface area contributed by atoms with Gasteiger partial charge in [0.1, 0.15) is 4.88 Å². The molecule has 0 bridgehead atoms. The van der Waals surface area contributed by atoms with Crippen molar-refractivity contribution in [3.63, 3.8) is 0 Å². The van der Waals surface area contributed by atoms with Crippen LogP contribution in [0.3, 0.4) is 0 Å². The van der Waals surface area contributed by atoms with E-state index >= 15 is 0 Å². The molecule has 0 aliphatic heterocycles. The summed E-state index contributed by atoms with van der Waals surface area (Å²) in [4.78, 5) is 15.9. The van der Waals surface area contributed by atoms with Gasteiger partial charge in [-0.25, -0.2) is 4.98 Å². The Morgan fingerprint density at radius 2 is 2.50 bits per heavy atom. The van der Waals surface area contributed by atoms with E-state index in [4.69, 9.17) is 4.42 Å². The molecule has 0 saturated heterocycles. The van der Waals surface area contributed by atoms with Crippen molar-refractivity contribution in [2.24, 2.45) is 0 Å². The van der Waals surface area contributed by atoms with E-state index in [-0.39, 0.29) is 5.91 Å². The lowest BCUT2D eigenvalue weighted by Gasteiger charge is -1.90. The molecule has 4 nitrogen and oxygen atoms in total. The molecule has 14 heavy (non-hydrogen) atoms. The first kappa shape index (κ1) is 8.96. The van der Waals surface area contributed by atoms with Gasteiger partial charge >= 0.3 is 0 Å². The van der Waals surface area contributed by atoms with Crippen molar-refractivity contribution >= 4 is 17.2 Å². The SMILES string of the molecule is CNC(=O)c1cnc(-c2ccco2)s1. The molecule has 2 aromatic rings. The van der Waals surface area contributed by atoms with Crippen molar-refractivity contribution < 1.29 is 9.21 Å². The van der Waals surface area contributed by atoms with E-state index in [2.05, 4.69) is 10.3 Å². The number of rotatable bonds is 2. The Labute approximate surface area is 84.6 Å². The van der Waals surface area contributed by atoms with Crippen molar-refractivity contribution in [1.29, 1.82) is 0 Å². The monoisotopic (exact) mass is 208 g/mol. The number of hydrogen-bond acceptors (Lipinski definition) is 4. The average molecular weight is 208 g/mol. The largest absolute Gasteiger partial charge is 0.462 e. The summed E-state index contributed by atoms with van der Waals surface area (Å²) in [5.74, 6) is 0.561. The van der Waals surface area contributed by atoms with Gasteiger partial charge in [0, 0.05) is 7.05 Å². The first-order valence-electron chi connectivity index (χ1n) is 4.03. The van der Waals surface area contributed by atoms with Gasteiger partial charge < -0.3 is 9.73 Å². The summed E-state index contributed by atoms with van der Waals surface area (Å²) >= 11 is 1.31. The standard InChI is InChI=1S/C9H8N2O2S/c1-10-8(12)7-5-11-9(14-7)6-3-2-4-13-6/h2-5H,1H3,(H,10,12). The Morgan fingerprint density at radius 3 is 3.14 bits per heavy atom. The maximum absolute atomic E-state index is 11.2. The van der Waals surface area contributed by atoms with Crippen LogP contribution in [-0.2, 0) is 0 Å². The van der Waals surface area contributed by atoms with Gasteiger partial charge in [-0.3, -0.25) is 4.79 Å². The molecule has 2 aromatic heterocycles. The molecule has 0 atom stereocenters. The lowest BCUT2D eigenvalue weighted by molar-refractivity contribution is 0.0967. The van der Waals surface area contributed by atoms with Crippen LogP contribution in [0.1, 0.15) is 9.67 Å². The Bertz CT molecular complexity index is 433. The van der Waals surface area contributed by atoms with E-state index in [1.807, 2.05) is 6.07 Å². The van der Waals surface area contributed by atoms with Crippen LogP contribution < -0.4 is 5.32 Å². The minimum absolute atomic E-state index is 0.125. The molecule has 1 amide bonds. The van der Waals surface area contributed by atoms with Crippen LogP contribution in [0, 0.1) is 0 Å². The van der Waals surface area contributed by atoms with Crippen molar-refractivity contribution in [2.45, 2.75) is 0 Å². The van der Waals surface area contributed by atoms with Gasteiger partial charge in [-0.1, -0.05) is 0 Å². The number of hydrogen-bond donors (Lipinski definition) is 1. The molecule has 0 aliphatic carbocycles. The summed E-state index contributed by atoms with van der Waals surface area (Å²) in [6, 6.07) is 3.60. The van der Waals surface area contributed by atoms with Crippen LogP contribution in [0.15, 0.2) is 29.0 Å². The van der Waals surface area contributed by atoms with Gasteiger partial charge in [0.25, 0.3) is 5.91 Å². The second-order valence-electron chi connectivity index (χ2n) is 2.59. The predicted octanol–water partition coefficient (Wildman–Crippen LogP) is 1.76. The fourth-order valence-electron chi connectivity index (χ4n) is 1.02. The van der Waals surface area contributed by atoms with Gasteiger partial charge in [-0.05, 0) is 12.1 Å². The minimum atomic E-state index is -0.125. The van der Waals surface area contributed by atoms with Crippen LogP contribution in [-0.4, -0.2) is 17.9 Å². The molecular weight excluding hydrogens is 200 g/mol. The summed E-state index contributed by atoms with van der Waals surface area (Å²) in [6.07, 6.45) is 3.12. The van der Waals surface area contributed by atoms with E-state index in [1.165, 1.54) is 11.3 Å². The summed E-state index contributed by atoms with van der Waals surface area (Å²) in [5.41, 5.74) is 0. The molecule has 0 spiro atoms. The average Bonchev–Trinajstić information content (AvgIpc) is 2.86. The molecule has 0 aromatic carbocycles. The van der Waals surface area contributed by atoms with Crippen LogP contribution in [0.2, 0.25) is 0 Å². The molecule has 2 heterocycles. The number of thiazole rings is 1. The third kappa shape index (κ3) is 1.54. The molecule has 2 rings (SSSR count). The number of furan rings is 1. The van der Waals surface area contributed by atoms with E-state index in [9.17, 15) is 4.79 Å². The Morgan fingerprint density at radius 1 is 1.64 bits per heavy atom. The van der Waals surface area contributed by atoms with Crippen molar-refractivity contribution in [2.75, 3.05) is 7.05 Å². The van der Waals surface area contributed by atoms with E-state index in [0.29, 0.717) is 15.6 Å². The Balaban J connectivity index is 2.31. The second kappa shape index (κ2) is 3.63. The van der Waals surface area contributed by atoms with Gasteiger partial charge in [0.2, 0.25) is 0 Å². The number of carbonyl (C=O) groups excluding carboxylic acids is 1. The van der Waals surface area contributed by atoms with Crippen LogP contribution >= 0.6 is 11.3 Å². The quantitative estimate of drug-likeness (QED) is 0.818. The number of aromatic nitrogens is 1. The molecule has 0 unspecified atom stereocenters. The zero-order valence-corrected chi connectivity index (χ0v) is 8.30. The van der Waals surface area contributed by atoms with Gasteiger partial charge in [0.15, 0.2) is 10.8 Å². The summed E-state index contributed by atoms with van der Waals surface area (Å²) < 4.78 is 5.16. The normalized spacial score (nSPS) is 10.1.